The van der Waals surface area contributed by atoms with Gasteiger partial charge in [0.1, 0.15) is 0 Å². The third kappa shape index (κ3) is 6.34. The molecule has 0 bridgehead atoms. The normalized spacial score (nSPS) is 11.0. The van der Waals surface area contributed by atoms with Gasteiger partial charge < -0.3 is 25.7 Å². The molecule has 0 aliphatic carbocycles. The van der Waals surface area contributed by atoms with E-state index in [0.29, 0.717) is 38.3 Å². The molecular formula is C27H28N4O5. The van der Waals surface area contributed by atoms with E-state index in [1.54, 1.807) is 18.2 Å². The lowest BCUT2D eigenvalue weighted by atomic mass is 10.1. The second-order valence-corrected chi connectivity index (χ2v) is 8.50. The number of carbonyl (C=O) groups excluding carboxylic acids is 1. The van der Waals surface area contributed by atoms with Gasteiger partial charge in [0.05, 0.1) is 5.69 Å². The minimum atomic E-state index is -0.271. The number of nitrogens with one attached hydrogen (secondary N) is 2. The van der Waals surface area contributed by atoms with Crippen molar-refractivity contribution in [2.45, 2.75) is 19.5 Å². The van der Waals surface area contributed by atoms with Crippen LogP contribution in [-0.2, 0) is 13.1 Å². The summed E-state index contributed by atoms with van der Waals surface area (Å²) < 4.78 is 0. The summed E-state index contributed by atoms with van der Waals surface area (Å²) in [5.41, 5.74) is 3.61. The maximum atomic E-state index is 12.5. The van der Waals surface area contributed by atoms with Crippen molar-refractivity contribution in [2.24, 2.45) is 0 Å². The highest BCUT2D eigenvalue weighted by Gasteiger charge is 2.13. The molecule has 0 radical (unpaired) electrons. The van der Waals surface area contributed by atoms with E-state index in [9.17, 15) is 25.2 Å². The minimum Gasteiger partial charge on any atom is -0.504 e. The number of amides is 1. The smallest absolute Gasteiger partial charge is 0.271 e. The summed E-state index contributed by atoms with van der Waals surface area (Å²) in [5, 5.41) is 48.8. The van der Waals surface area contributed by atoms with Crippen molar-refractivity contribution >= 4 is 5.91 Å². The number of nitrogens with zero attached hydrogens (tertiary/aromatic N) is 2. The molecule has 0 aliphatic heterocycles. The summed E-state index contributed by atoms with van der Waals surface area (Å²) in [6, 6.07) is 20.7. The molecule has 4 rings (SSSR count). The SMILES string of the molecule is O=C(NCCCN(Cc1ccc(O)c(O)c1)Cc1ccc(O)c(O)c1)c1cc(-c2ccccc2)[nH]n1. The molecule has 186 valence electrons. The number of aromatic hydroxyl groups is 4. The van der Waals surface area contributed by atoms with Gasteiger partial charge in [0.2, 0.25) is 0 Å². The highest BCUT2D eigenvalue weighted by atomic mass is 16.3. The molecule has 0 fully saturated rings. The van der Waals surface area contributed by atoms with Gasteiger partial charge in [-0.25, -0.2) is 0 Å². The van der Waals surface area contributed by atoms with Crippen LogP contribution >= 0.6 is 0 Å². The number of hydrogen-bond donors (Lipinski definition) is 6. The average Bonchev–Trinajstić information content (AvgIpc) is 3.37. The fourth-order valence-electron chi connectivity index (χ4n) is 3.86. The Morgan fingerprint density at radius 1 is 0.806 bits per heavy atom. The quantitative estimate of drug-likeness (QED) is 0.148. The van der Waals surface area contributed by atoms with E-state index >= 15 is 0 Å². The first kappa shape index (κ1) is 24.6. The van der Waals surface area contributed by atoms with Crippen LogP contribution in [0.1, 0.15) is 28.0 Å². The van der Waals surface area contributed by atoms with E-state index in [4.69, 9.17) is 0 Å². The van der Waals surface area contributed by atoms with Gasteiger partial charge in [0.25, 0.3) is 5.91 Å². The summed E-state index contributed by atoms with van der Waals surface area (Å²) in [4.78, 5) is 14.6. The fraction of sp³-hybridized carbons (Fsp3) is 0.185. The van der Waals surface area contributed by atoms with E-state index < -0.39 is 0 Å². The lowest BCUT2D eigenvalue weighted by molar-refractivity contribution is 0.0946. The molecule has 0 saturated heterocycles. The van der Waals surface area contributed by atoms with E-state index in [2.05, 4.69) is 20.4 Å². The van der Waals surface area contributed by atoms with Gasteiger partial charge >= 0.3 is 0 Å². The molecule has 0 aliphatic rings. The number of rotatable bonds is 10. The topological polar surface area (TPSA) is 142 Å². The number of aromatic nitrogens is 2. The maximum Gasteiger partial charge on any atom is 0.271 e. The van der Waals surface area contributed by atoms with Gasteiger partial charge in [-0.3, -0.25) is 14.8 Å². The van der Waals surface area contributed by atoms with Crippen LogP contribution in [-0.4, -0.2) is 54.5 Å². The molecule has 0 spiro atoms. The number of phenolic OH excluding ortho intramolecular Hbond substituents is 4. The highest BCUT2D eigenvalue weighted by Crippen LogP contribution is 2.28. The van der Waals surface area contributed by atoms with Crippen molar-refractivity contribution in [3.05, 3.63) is 89.6 Å². The van der Waals surface area contributed by atoms with Crippen LogP contribution in [0.15, 0.2) is 72.8 Å². The summed E-state index contributed by atoms with van der Waals surface area (Å²) >= 11 is 0. The second-order valence-electron chi connectivity index (χ2n) is 8.50. The molecule has 9 heteroatoms. The highest BCUT2D eigenvalue weighted by molar-refractivity contribution is 5.93. The summed E-state index contributed by atoms with van der Waals surface area (Å²) in [7, 11) is 0. The molecule has 0 saturated carbocycles. The second kappa shape index (κ2) is 11.3. The Morgan fingerprint density at radius 2 is 1.42 bits per heavy atom. The number of benzene rings is 3. The van der Waals surface area contributed by atoms with Crippen molar-refractivity contribution in [1.82, 2.24) is 20.4 Å². The molecule has 3 aromatic carbocycles. The molecule has 0 atom stereocenters. The molecular weight excluding hydrogens is 460 g/mol. The minimum absolute atomic E-state index is 0.190. The zero-order chi connectivity index (χ0) is 25.5. The van der Waals surface area contributed by atoms with Gasteiger partial charge in [-0.05, 0) is 53.4 Å². The Labute approximate surface area is 208 Å². The van der Waals surface area contributed by atoms with Crippen molar-refractivity contribution in [1.29, 1.82) is 0 Å². The number of aromatic amines is 1. The van der Waals surface area contributed by atoms with Gasteiger partial charge in [-0.1, -0.05) is 42.5 Å². The largest absolute Gasteiger partial charge is 0.504 e. The molecule has 36 heavy (non-hydrogen) atoms. The predicted octanol–water partition coefficient (Wildman–Crippen LogP) is 3.72. The Bertz CT molecular complexity index is 1270. The Balaban J connectivity index is 1.35. The third-order valence-corrected chi connectivity index (χ3v) is 5.72. The van der Waals surface area contributed by atoms with Crippen LogP contribution in [0.2, 0.25) is 0 Å². The summed E-state index contributed by atoms with van der Waals surface area (Å²) in [6.07, 6.45) is 0.635. The molecule has 0 unspecified atom stereocenters. The van der Waals surface area contributed by atoms with Gasteiger partial charge in [0.15, 0.2) is 28.7 Å². The maximum absolute atomic E-state index is 12.5. The van der Waals surface area contributed by atoms with Crippen molar-refractivity contribution in [2.75, 3.05) is 13.1 Å². The zero-order valence-corrected chi connectivity index (χ0v) is 19.6. The van der Waals surface area contributed by atoms with E-state index in [0.717, 1.165) is 22.4 Å². The number of H-pyrrole nitrogens is 1. The van der Waals surface area contributed by atoms with Crippen LogP contribution in [0.4, 0.5) is 0 Å². The monoisotopic (exact) mass is 488 g/mol. The molecule has 9 nitrogen and oxygen atoms in total. The van der Waals surface area contributed by atoms with Crippen LogP contribution in [0, 0.1) is 0 Å². The predicted molar refractivity (Wildman–Crippen MR) is 135 cm³/mol. The fourth-order valence-corrected chi connectivity index (χ4v) is 3.86. The molecule has 6 N–H and O–H groups in total. The van der Waals surface area contributed by atoms with E-state index in [1.165, 1.54) is 24.3 Å². The first-order valence-corrected chi connectivity index (χ1v) is 11.5. The number of phenols is 4. The number of carbonyl (C=O) groups is 1. The van der Waals surface area contributed by atoms with Crippen molar-refractivity contribution in [3.8, 4) is 34.3 Å². The Kier molecular flexibility index (Phi) is 7.72. The Hall–Kier alpha value is -4.50. The van der Waals surface area contributed by atoms with Gasteiger partial charge in [0, 0.05) is 26.2 Å². The molecule has 1 amide bonds. The lowest BCUT2D eigenvalue weighted by Crippen LogP contribution is -2.30. The van der Waals surface area contributed by atoms with Crippen LogP contribution in [0.3, 0.4) is 0 Å². The standard InChI is InChI=1S/C27H28N4O5/c32-23-9-7-18(13-25(23)34)16-31(17-19-8-10-24(33)26(35)14-19)12-4-11-28-27(36)22-15-21(29-30-22)20-5-2-1-3-6-20/h1-3,5-10,13-15,32-35H,4,11-12,16-17H2,(H,28,36)(H,29,30). The number of hydrogen-bond acceptors (Lipinski definition) is 7. The first-order chi connectivity index (χ1) is 17.4. The zero-order valence-electron chi connectivity index (χ0n) is 19.6. The average molecular weight is 489 g/mol. The van der Waals surface area contributed by atoms with Crippen molar-refractivity contribution in [3.63, 3.8) is 0 Å². The molecule has 1 aromatic heterocycles. The van der Waals surface area contributed by atoms with Crippen LogP contribution < -0.4 is 5.32 Å². The van der Waals surface area contributed by atoms with Crippen LogP contribution in [0.25, 0.3) is 11.3 Å². The van der Waals surface area contributed by atoms with Gasteiger partial charge in [-0.2, -0.15) is 5.10 Å². The third-order valence-electron chi connectivity index (χ3n) is 5.72. The summed E-state index contributed by atoms with van der Waals surface area (Å²) in [6.45, 7) is 1.94. The Morgan fingerprint density at radius 3 is 2.00 bits per heavy atom. The van der Waals surface area contributed by atoms with Crippen molar-refractivity contribution < 1.29 is 25.2 Å². The van der Waals surface area contributed by atoms with Crippen LogP contribution in [0.5, 0.6) is 23.0 Å². The summed E-state index contributed by atoms with van der Waals surface area (Å²) in [5.74, 6) is -1.05. The molecule has 4 aromatic rings. The molecule has 1 heterocycles. The van der Waals surface area contributed by atoms with E-state index in [1.807, 2.05) is 30.3 Å². The first-order valence-electron chi connectivity index (χ1n) is 11.5. The lowest BCUT2D eigenvalue weighted by Gasteiger charge is -2.23. The van der Waals surface area contributed by atoms with E-state index in [-0.39, 0.29) is 28.9 Å². The van der Waals surface area contributed by atoms with Gasteiger partial charge in [-0.15, -0.1) is 0 Å².